The number of nitrogens with zero attached hydrogens (tertiary/aromatic N) is 1. The van der Waals surface area contributed by atoms with Crippen molar-refractivity contribution in [3.8, 4) is 5.75 Å². The monoisotopic (exact) mass is 265 g/mol. The third kappa shape index (κ3) is 2.81. The Bertz CT molecular complexity index is 647. The number of benzene rings is 1. The molecule has 1 aromatic heterocycles. The van der Waals surface area contributed by atoms with E-state index in [0.717, 1.165) is 0 Å². The fourth-order valence-electron chi connectivity index (χ4n) is 1.32. The van der Waals surface area contributed by atoms with Gasteiger partial charge in [0.2, 0.25) is 0 Å². The summed E-state index contributed by atoms with van der Waals surface area (Å²) in [5, 5.41) is 2.74. The van der Waals surface area contributed by atoms with Crippen molar-refractivity contribution < 1.29 is 13.2 Å². The molecule has 0 bridgehead atoms. The Hall–Kier alpha value is -2.01. The van der Waals surface area contributed by atoms with Gasteiger partial charge in [-0.3, -0.25) is 0 Å². The average molecular weight is 265 g/mol. The summed E-state index contributed by atoms with van der Waals surface area (Å²) >= 11 is 5.12. The van der Waals surface area contributed by atoms with Gasteiger partial charge in [-0.2, -0.15) is 0 Å². The maximum absolute atomic E-state index is 13.5. The van der Waals surface area contributed by atoms with Crippen LogP contribution in [0, 0.1) is 5.82 Å². The summed E-state index contributed by atoms with van der Waals surface area (Å²) in [6.45, 7) is 0. The van der Waals surface area contributed by atoms with E-state index in [-0.39, 0.29) is 16.4 Å². The molecule has 1 N–H and O–H groups in total. The number of halogens is 1. The molecule has 0 aliphatic rings. The number of anilines is 1. The smallest absolute Gasteiger partial charge is 0.146 e. The lowest BCUT2D eigenvalue weighted by Gasteiger charge is -2.08. The Kier molecular flexibility index (Phi) is 2.77. The third-order valence-electron chi connectivity index (χ3n) is 2.21. The molecule has 0 amide bonds. The molecule has 0 fully saturated rings. The summed E-state index contributed by atoms with van der Waals surface area (Å²) in [6.07, 6.45) is 1.25. The molecule has 0 spiro atoms. The Morgan fingerprint density at radius 3 is 2.89 bits per heavy atom. The van der Waals surface area contributed by atoms with E-state index >= 15 is 0 Å². The zero-order valence-electron chi connectivity index (χ0n) is 12.2. The van der Waals surface area contributed by atoms with Gasteiger partial charge < -0.3 is 10.1 Å². The van der Waals surface area contributed by atoms with Crippen molar-refractivity contribution in [2.75, 3.05) is 12.4 Å². The molecule has 2 aromatic rings. The van der Waals surface area contributed by atoms with E-state index < -0.39 is 12.9 Å². The zero-order chi connectivity index (χ0) is 15.5. The maximum atomic E-state index is 13.5. The number of rotatable bonds is 3. The van der Waals surface area contributed by atoms with E-state index in [4.69, 9.17) is 16.3 Å². The van der Waals surface area contributed by atoms with E-state index in [2.05, 4.69) is 15.0 Å². The molecule has 0 saturated carbocycles. The summed E-state index contributed by atoms with van der Waals surface area (Å²) < 4.78 is 39.1. The quantitative estimate of drug-likeness (QED) is 0.865. The van der Waals surface area contributed by atoms with Crippen LogP contribution in [-0.2, 0) is 0 Å². The van der Waals surface area contributed by atoms with E-state index in [9.17, 15) is 4.39 Å². The summed E-state index contributed by atoms with van der Waals surface area (Å²) in [7, 11) is -2.53. The third-order valence-corrected chi connectivity index (χ3v) is 2.52. The van der Waals surface area contributed by atoms with Crippen LogP contribution in [0.2, 0.25) is 0 Å². The largest absolute Gasteiger partial charge is 0.495 e. The van der Waals surface area contributed by atoms with Crippen molar-refractivity contribution in [1.29, 1.82) is 0 Å². The highest BCUT2D eigenvalue weighted by molar-refractivity contribution is 7.81. The number of pyridine rings is 1. The molecule has 92 valence electrons. The topological polar surface area (TPSA) is 34.1 Å². The second kappa shape index (κ2) is 5.55. The normalized spacial score (nSPS) is 13.1. The molecule has 0 unspecified atom stereocenters. The fourth-order valence-corrected chi connectivity index (χ4v) is 1.55. The lowest BCUT2D eigenvalue weighted by atomic mass is 10.3. The first-order valence-corrected chi connectivity index (χ1v) is 5.47. The predicted molar refractivity (Wildman–Crippen MR) is 72.5 cm³/mol. The molecule has 18 heavy (non-hydrogen) atoms. The number of thiocarbonyl (C=S) groups is 1. The van der Waals surface area contributed by atoms with E-state index in [1.54, 1.807) is 18.2 Å². The highest BCUT2D eigenvalue weighted by atomic mass is 32.1. The fraction of sp³-hybridized carbons (Fsp3) is 0.0769. The Morgan fingerprint density at radius 2 is 2.22 bits per heavy atom. The van der Waals surface area contributed by atoms with Gasteiger partial charge in [0.25, 0.3) is 0 Å². The number of hydrogen-bond acceptors (Lipinski definition) is 3. The van der Waals surface area contributed by atoms with Crippen LogP contribution in [0.1, 0.15) is 9.81 Å². The number of hydrogen-bond donors (Lipinski definition) is 1. The maximum Gasteiger partial charge on any atom is 0.146 e. The zero-order valence-corrected chi connectivity index (χ0v) is 10.00. The van der Waals surface area contributed by atoms with Crippen molar-refractivity contribution in [2.45, 2.75) is 0 Å². The van der Waals surface area contributed by atoms with Gasteiger partial charge in [-0.25, -0.2) is 9.37 Å². The second-order valence-corrected chi connectivity index (χ2v) is 3.82. The summed E-state index contributed by atoms with van der Waals surface area (Å²) in [6, 6.07) is 9.04. The van der Waals surface area contributed by atoms with Gasteiger partial charge in [0.1, 0.15) is 16.6 Å². The molecule has 1 aromatic carbocycles. The molecular weight excluding hydrogens is 251 g/mol. The van der Waals surface area contributed by atoms with Gasteiger partial charge in [0.05, 0.1) is 28.7 Å². The van der Waals surface area contributed by atoms with Crippen molar-refractivity contribution in [2.24, 2.45) is 0 Å². The molecule has 0 radical (unpaired) electrons. The number of ether oxygens (including phenoxy) is 1. The van der Waals surface area contributed by atoms with Gasteiger partial charge in [-0.1, -0.05) is 24.4 Å². The van der Waals surface area contributed by atoms with Crippen LogP contribution >= 0.6 is 12.2 Å². The number of para-hydroxylation sites is 1. The van der Waals surface area contributed by atoms with E-state index in [0.29, 0.717) is 5.69 Å². The molecule has 0 saturated heterocycles. The minimum Gasteiger partial charge on any atom is -0.495 e. The van der Waals surface area contributed by atoms with Gasteiger partial charge in [0.15, 0.2) is 0 Å². The number of aromatic nitrogens is 1. The first kappa shape index (κ1) is 8.99. The van der Waals surface area contributed by atoms with Crippen molar-refractivity contribution in [1.82, 2.24) is 4.98 Å². The highest BCUT2D eigenvalue weighted by Gasteiger charge is 2.06. The number of methoxy groups -OCH3 is 1. The van der Waals surface area contributed by atoms with Gasteiger partial charge in [-0.05, 0) is 24.3 Å². The summed E-state index contributed by atoms with van der Waals surface area (Å²) in [5.41, 5.74) is 0.623. The molecule has 0 aliphatic heterocycles. The minimum atomic E-state index is -2.53. The first-order valence-electron chi connectivity index (χ1n) is 6.56. The molecule has 5 heteroatoms. The summed E-state index contributed by atoms with van der Waals surface area (Å²) in [5.74, 6) is -0.324. The Balaban J connectivity index is 2.08. The molecule has 2 rings (SSSR count). The lowest BCUT2D eigenvalue weighted by Crippen LogP contribution is -2.13. The molecule has 0 aliphatic carbocycles. The van der Waals surface area contributed by atoms with Crippen LogP contribution in [0.5, 0.6) is 5.75 Å². The summed E-state index contributed by atoms with van der Waals surface area (Å²) in [4.78, 5) is 4.21. The van der Waals surface area contributed by atoms with Crippen LogP contribution in [-0.4, -0.2) is 17.0 Å². The molecule has 0 atom stereocenters. The van der Waals surface area contributed by atoms with Gasteiger partial charge >= 0.3 is 0 Å². The molecule has 1 heterocycles. The predicted octanol–water partition coefficient (Wildman–Crippen LogP) is 3.02. The Labute approximate surface area is 114 Å². The Morgan fingerprint density at radius 1 is 1.39 bits per heavy atom. The standard InChI is InChI=1S/C13H11FN2OS/c1-17-9-6-7-12(15-8-9)13(18)16-11-5-3-2-4-10(11)14/h2-8H,1H3,(H,16,18)/i1D3. The van der Waals surface area contributed by atoms with Crippen molar-refractivity contribution in [3.05, 3.63) is 54.1 Å². The molecule has 3 nitrogen and oxygen atoms in total. The number of nitrogens with one attached hydrogen (secondary N) is 1. The average Bonchev–Trinajstić information content (AvgIpc) is 2.40. The highest BCUT2D eigenvalue weighted by Crippen LogP contribution is 2.15. The van der Waals surface area contributed by atoms with Crippen LogP contribution < -0.4 is 10.1 Å². The van der Waals surface area contributed by atoms with Crippen LogP contribution in [0.3, 0.4) is 0 Å². The lowest BCUT2D eigenvalue weighted by molar-refractivity contribution is 0.413. The minimum absolute atomic E-state index is 0.104. The van der Waals surface area contributed by atoms with Crippen molar-refractivity contribution >= 4 is 22.9 Å². The first-order chi connectivity index (χ1) is 9.85. The van der Waals surface area contributed by atoms with E-state index in [1.165, 1.54) is 24.4 Å². The van der Waals surface area contributed by atoms with Crippen LogP contribution in [0.15, 0.2) is 42.6 Å². The second-order valence-electron chi connectivity index (χ2n) is 3.42. The van der Waals surface area contributed by atoms with E-state index in [1.807, 2.05) is 0 Å². The van der Waals surface area contributed by atoms with Gasteiger partial charge in [-0.15, -0.1) is 0 Å². The van der Waals surface area contributed by atoms with Crippen LogP contribution in [0.25, 0.3) is 0 Å². The SMILES string of the molecule is [2H]C([2H])([2H])Oc1ccc(C(=S)Nc2ccccc2F)nc1. The van der Waals surface area contributed by atoms with Crippen LogP contribution in [0.4, 0.5) is 10.1 Å². The van der Waals surface area contributed by atoms with Crippen molar-refractivity contribution in [3.63, 3.8) is 0 Å². The van der Waals surface area contributed by atoms with Gasteiger partial charge in [0, 0.05) is 0 Å². The molecular formula is C13H11FN2OS.